The van der Waals surface area contributed by atoms with Gasteiger partial charge in [-0.05, 0) is 50.1 Å². The second-order valence-corrected chi connectivity index (χ2v) is 6.65. The van der Waals surface area contributed by atoms with E-state index in [0.29, 0.717) is 36.9 Å². The number of carbonyl (C=O) groups excluding carboxylic acids is 1. The molecule has 0 unspecified atom stereocenters. The van der Waals surface area contributed by atoms with Gasteiger partial charge in [0.1, 0.15) is 19.0 Å². The monoisotopic (exact) mass is 381 g/mol. The van der Waals surface area contributed by atoms with Gasteiger partial charge in [0, 0.05) is 18.7 Å². The van der Waals surface area contributed by atoms with Gasteiger partial charge in [0.25, 0.3) is 5.91 Å². The molecule has 3 rings (SSSR count). The number of hydrogen-bond donors (Lipinski definition) is 0. The summed E-state index contributed by atoms with van der Waals surface area (Å²) < 4.78 is 17.2. The van der Waals surface area contributed by atoms with E-state index < -0.39 is 0 Å². The number of ether oxygens (including phenoxy) is 3. The van der Waals surface area contributed by atoms with Crippen molar-refractivity contribution >= 4 is 5.91 Å². The van der Waals surface area contributed by atoms with E-state index in [-0.39, 0.29) is 5.91 Å². The van der Waals surface area contributed by atoms with Crippen LogP contribution in [0.5, 0.6) is 17.2 Å². The van der Waals surface area contributed by atoms with Crippen LogP contribution in [0.25, 0.3) is 0 Å². The second kappa shape index (κ2) is 9.83. The molecule has 1 saturated heterocycles. The Kier molecular flexibility index (Phi) is 6.95. The summed E-state index contributed by atoms with van der Waals surface area (Å²) in [4.78, 5) is 14.6. The molecule has 1 aliphatic rings. The van der Waals surface area contributed by atoms with Crippen LogP contribution in [0.1, 0.15) is 30.1 Å². The molecule has 0 aromatic heterocycles. The lowest BCUT2D eigenvalue weighted by molar-refractivity contribution is 0.0743. The number of piperidine rings is 1. The average Bonchev–Trinajstić information content (AvgIpc) is 2.73. The van der Waals surface area contributed by atoms with Gasteiger partial charge in [0.2, 0.25) is 0 Å². The van der Waals surface area contributed by atoms with E-state index in [0.717, 1.165) is 31.7 Å². The van der Waals surface area contributed by atoms with Crippen molar-refractivity contribution in [1.82, 2.24) is 4.90 Å². The summed E-state index contributed by atoms with van der Waals surface area (Å²) in [5.41, 5.74) is 1.82. The van der Waals surface area contributed by atoms with Crippen LogP contribution >= 0.6 is 0 Å². The normalized spacial score (nSPS) is 13.9. The minimum absolute atomic E-state index is 0.0208. The number of amides is 1. The maximum Gasteiger partial charge on any atom is 0.254 e. The predicted octanol–water partition coefficient (Wildman–Crippen LogP) is 4.34. The van der Waals surface area contributed by atoms with Crippen molar-refractivity contribution in [3.8, 4) is 17.2 Å². The fraction of sp³-hybridized carbons (Fsp3) is 0.348. The maximum absolute atomic E-state index is 12.8. The van der Waals surface area contributed by atoms with E-state index in [1.165, 1.54) is 5.57 Å². The van der Waals surface area contributed by atoms with Gasteiger partial charge in [-0.25, -0.2) is 0 Å². The first-order valence-corrected chi connectivity index (χ1v) is 9.71. The lowest BCUT2D eigenvalue weighted by atomic mass is 10.0. The van der Waals surface area contributed by atoms with Crippen LogP contribution in [0.4, 0.5) is 0 Å². The van der Waals surface area contributed by atoms with Crippen LogP contribution < -0.4 is 14.2 Å². The van der Waals surface area contributed by atoms with Gasteiger partial charge in [0.15, 0.2) is 11.5 Å². The number of benzene rings is 2. The quantitative estimate of drug-likeness (QED) is 0.504. The Morgan fingerprint density at radius 3 is 2.39 bits per heavy atom. The maximum atomic E-state index is 12.8. The summed E-state index contributed by atoms with van der Waals surface area (Å²) in [5.74, 6) is 2.02. The first-order chi connectivity index (χ1) is 13.7. The highest BCUT2D eigenvalue weighted by Crippen LogP contribution is 2.29. The summed E-state index contributed by atoms with van der Waals surface area (Å²) >= 11 is 0. The third-order valence-corrected chi connectivity index (χ3v) is 4.60. The van der Waals surface area contributed by atoms with Crippen molar-refractivity contribution < 1.29 is 19.0 Å². The van der Waals surface area contributed by atoms with Gasteiger partial charge in [-0.3, -0.25) is 4.79 Å². The summed E-state index contributed by atoms with van der Waals surface area (Å²) in [7, 11) is 0. The van der Waals surface area contributed by atoms with Crippen LogP contribution in [0.15, 0.2) is 60.7 Å². The SMILES string of the molecule is C=C1CCN(C(=O)c2ccc(OCCOc3ccccc3)c(OCC)c2)CC1. The van der Waals surface area contributed by atoms with Gasteiger partial charge in [0.05, 0.1) is 6.61 Å². The molecule has 0 bridgehead atoms. The summed E-state index contributed by atoms with van der Waals surface area (Å²) in [5, 5.41) is 0. The summed E-state index contributed by atoms with van der Waals surface area (Å²) in [6.07, 6.45) is 1.74. The number of rotatable bonds is 8. The Morgan fingerprint density at radius 1 is 0.964 bits per heavy atom. The zero-order chi connectivity index (χ0) is 19.8. The van der Waals surface area contributed by atoms with Crippen molar-refractivity contribution in [2.24, 2.45) is 0 Å². The van der Waals surface area contributed by atoms with Crippen LogP contribution in [-0.2, 0) is 0 Å². The Hall–Kier alpha value is -2.95. The van der Waals surface area contributed by atoms with Crippen molar-refractivity contribution in [2.75, 3.05) is 32.9 Å². The highest BCUT2D eigenvalue weighted by atomic mass is 16.5. The molecule has 1 aliphatic heterocycles. The van der Waals surface area contributed by atoms with Gasteiger partial charge in [-0.15, -0.1) is 0 Å². The van der Waals surface area contributed by atoms with Crippen LogP contribution in [0.3, 0.4) is 0 Å². The van der Waals surface area contributed by atoms with Crippen LogP contribution in [0, 0.1) is 0 Å². The number of hydrogen-bond acceptors (Lipinski definition) is 4. The van der Waals surface area contributed by atoms with E-state index >= 15 is 0 Å². The molecule has 5 nitrogen and oxygen atoms in total. The number of likely N-dealkylation sites (tertiary alicyclic amines) is 1. The fourth-order valence-electron chi connectivity index (χ4n) is 3.07. The zero-order valence-corrected chi connectivity index (χ0v) is 16.4. The molecule has 1 fully saturated rings. The third-order valence-electron chi connectivity index (χ3n) is 4.60. The van der Waals surface area contributed by atoms with Gasteiger partial charge in [-0.1, -0.05) is 30.4 Å². The Labute approximate surface area is 166 Å². The zero-order valence-electron chi connectivity index (χ0n) is 16.4. The highest BCUT2D eigenvalue weighted by Gasteiger charge is 2.21. The van der Waals surface area contributed by atoms with Crippen molar-refractivity contribution in [3.05, 3.63) is 66.2 Å². The van der Waals surface area contributed by atoms with Crippen molar-refractivity contribution in [2.45, 2.75) is 19.8 Å². The standard InChI is InChI=1S/C23H27NO4/c1-3-26-22-17-19(23(25)24-13-11-18(2)12-14-24)9-10-21(22)28-16-15-27-20-7-5-4-6-8-20/h4-10,17H,2-3,11-16H2,1H3. The number of nitrogens with zero attached hydrogens (tertiary/aromatic N) is 1. The number of para-hydroxylation sites is 1. The van der Waals surface area contributed by atoms with E-state index in [1.54, 1.807) is 18.2 Å². The molecule has 0 N–H and O–H groups in total. The molecule has 0 spiro atoms. The lowest BCUT2D eigenvalue weighted by Gasteiger charge is -2.28. The minimum atomic E-state index is 0.0208. The van der Waals surface area contributed by atoms with E-state index in [9.17, 15) is 4.79 Å². The van der Waals surface area contributed by atoms with Crippen LogP contribution in [-0.4, -0.2) is 43.7 Å². The summed E-state index contributed by atoms with van der Waals surface area (Å²) in [6, 6.07) is 15.0. The molecule has 0 aliphatic carbocycles. The molecule has 2 aromatic carbocycles. The molecule has 0 saturated carbocycles. The Bertz CT molecular complexity index is 794. The Morgan fingerprint density at radius 2 is 1.68 bits per heavy atom. The second-order valence-electron chi connectivity index (χ2n) is 6.65. The first kappa shape index (κ1) is 19.8. The van der Waals surface area contributed by atoms with E-state index in [1.807, 2.05) is 42.2 Å². The molecular weight excluding hydrogens is 354 g/mol. The largest absolute Gasteiger partial charge is 0.490 e. The predicted molar refractivity (Wildman–Crippen MR) is 109 cm³/mol. The molecule has 0 radical (unpaired) electrons. The van der Waals surface area contributed by atoms with E-state index in [2.05, 4.69) is 6.58 Å². The molecule has 0 atom stereocenters. The highest BCUT2D eigenvalue weighted by molar-refractivity contribution is 5.95. The average molecular weight is 381 g/mol. The molecular formula is C23H27NO4. The third kappa shape index (κ3) is 5.28. The minimum Gasteiger partial charge on any atom is -0.490 e. The van der Waals surface area contributed by atoms with Gasteiger partial charge >= 0.3 is 0 Å². The molecule has 5 heteroatoms. The smallest absolute Gasteiger partial charge is 0.254 e. The number of carbonyl (C=O) groups is 1. The lowest BCUT2D eigenvalue weighted by Crippen LogP contribution is -2.36. The summed E-state index contributed by atoms with van der Waals surface area (Å²) in [6.45, 7) is 8.66. The topological polar surface area (TPSA) is 48.0 Å². The van der Waals surface area contributed by atoms with Gasteiger partial charge in [-0.2, -0.15) is 0 Å². The molecule has 1 heterocycles. The molecule has 148 valence electrons. The van der Waals surface area contributed by atoms with Crippen molar-refractivity contribution in [3.63, 3.8) is 0 Å². The molecule has 28 heavy (non-hydrogen) atoms. The fourth-order valence-corrected chi connectivity index (χ4v) is 3.07. The first-order valence-electron chi connectivity index (χ1n) is 9.71. The molecule has 2 aromatic rings. The van der Waals surface area contributed by atoms with Crippen LogP contribution in [0.2, 0.25) is 0 Å². The van der Waals surface area contributed by atoms with Gasteiger partial charge < -0.3 is 19.1 Å². The molecule has 1 amide bonds. The van der Waals surface area contributed by atoms with E-state index in [4.69, 9.17) is 14.2 Å². The van der Waals surface area contributed by atoms with Crippen molar-refractivity contribution in [1.29, 1.82) is 0 Å². The Balaban J connectivity index is 1.60.